The number of hydrogen-bond acceptors (Lipinski definition) is 5. The van der Waals surface area contributed by atoms with Crippen LogP contribution in [-0.2, 0) is 17.4 Å². The van der Waals surface area contributed by atoms with E-state index in [-0.39, 0.29) is 23.8 Å². The number of aliphatic carboxylic acids is 1. The van der Waals surface area contributed by atoms with E-state index >= 15 is 0 Å². The molecule has 2 aliphatic rings. The number of carboxylic acid groups (broad SMARTS) is 1. The van der Waals surface area contributed by atoms with Gasteiger partial charge in [-0.3, -0.25) is 4.79 Å². The summed E-state index contributed by atoms with van der Waals surface area (Å²) >= 11 is 0. The van der Waals surface area contributed by atoms with Gasteiger partial charge in [0.1, 0.15) is 17.2 Å². The summed E-state index contributed by atoms with van der Waals surface area (Å²) in [5.74, 6) is 0.874. The van der Waals surface area contributed by atoms with Gasteiger partial charge in [0, 0.05) is 24.0 Å². The normalized spacial score (nSPS) is 17.6. The monoisotopic (exact) mass is 612 g/mol. The molecule has 5 rings (SSSR count). The maximum atomic E-state index is 14.3. The van der Waals surface area contributed by atoms with Crippen LogP contribution in [0.25, 0.3) is 11.1 Å². The largest absolute Gasteiger partial charge is 0.493 e. The number of fused-ring (bicyclic) bond motifs is 2. The molecule has 0 aromatic heterocycles. The predicted molar refractivity (Wildman–Crippen MR) is 161 cm³/mol. The number of hydrogen-bond donors (Lipinski definition) is 2. The predicted octanol–water partition coefficient (Wildman–Crippen LogP) is 7.98. The quantitative estimate of drug-likeness (QED) is 0.228. The van der Waals surface area contributed by atoms with Crippen molar-refractivity contribution in [3.8, 4) is 28.4 Å². The lowest BCUT2D eigenvalue weighted by molar-refractivity contribution is -0.138. The second-order valence-electron chi connectivity index (χ2n) is 12.6. The Morgan fingerprint density at radius 2 is 1.68 bits per heavy atom. The van der Waals surface area contributed by atoms with Crippen molar-refractivity contribution in [2.75, 3.05) is 19.8 Å². The average Bonchev–Trinajstić information content (AvgIpc) is 3.52. The Morgan fingerprint density at radius 3 is 2.34 bits per heavy atom. The van der Waals surface area contributed by atoms with E-state index in [0.29, 0.717) is 61.9 Å². The molecule has 1 aliphatic carbocycles. The first kappa shape index (κ1) is 31.7. The van der Waals surface area contributed by atoms with Crippen molar-refractivity contribution in [2.24, 2.45) is 0 Å². The molecule has 44 heavy (non-hydrogen) atoms. The fourth-order valence-corrected chi connectivity index (χ4v) is 6.43. The molecule has 2 N–H and O–H groups in total. The van der Waals surface area contributed by atoms with Gasteiger partial charge < -0.3 is 24.4 Å². The zero-order chi connectivity index (χ0) is 31.8. The molecule has 9 heteroatoms. The fourth-order valence-electron chi connectivity index (χ4n) is 6.43. The molecule has 2 unspecified atom stereocenters. The summed E-state index contributed by atoms with van der Waals surface area (Å²) in [6, 6.07) is 11.8. The molecule has 1 heterocycles. The van der Waals surface area contributed by atoms with E-state index in [1.54, 1.807) is 44.2 Å². The molecule has 236 valence electrons. The van der Waals surface area contributed by atoms with Gasteiger partial charge in [-0.1, -0.05) is 12.1 Å². The van der Waals surface area contributed by atoms with Crippen LogP contribution in [-0.4, -0.2) is 41.6 Å². The van der Waals surface area contributed by atoms with Gasteiger partial charge in [-0.25, -0.2) is 0 Å². The number of aliphatic hydroxyl groups is 1. The summed E-state index contributed by atoms with van der Waals surface area (Å²) in [6.07, 6.45) is -2.16. The molecule has 0 radical (unpaired) electrons. The van der Waals surface area contributed by atoms with E-state index in [4.69, 9.17) is 19.3 Å². The van der Waals surface area contributed by atoms with Crippen LogP contribution >= 0.6 is 0 Å². The lowest BCUT2D eigenvalue weighted by Gasteiger charge is -2.22. The lowest BCUT2D eigenvalue weighted by Crippen LogP contribution is -2.22. The summed E-state index contributed by atoms with van der Waals surface area (Å²) in [5.41, 5.74) is 3.25. The second kappa shape index (κ2) is 12.3. The Hall–Kier alpha value is -3.72. The smallest absolute Gasteiger partial charge is 0.417 e. The molecule has 3 aromatic carbocycles. The van der Waals surface area contributed by atoms with Crippen molar-refractivity contribution in [1.29, 1.82) is 0 Å². The maximum absolute atomic E-state index is 14.3. The van der Waals surface area contributed by atoms with Crippen molar-refractivity contribution >= 4 is 5.97 Å². The molecule has 2 atom stereocenters. The van der Waals surface area contributed by atoms with Gasteiger partial charge in [0.25, 0.3) is 0 Å². The van der Waals surface area contributed by atoms with Gasteiger partial charge in [0.15, 0.2) is 0 Å². The maximum Gasteiger partial charge on any atom is 0.417 e. The van der Waals surface area contributed by atoms with Crippen LogP contribution in [0.5, 0.6) is 17.2 Å². The molecular formula is C35H39F3O6. The second-order valence-corrected chi connectivity index (χ2v) is 12.6. The lowest BCUT2D eigenvalue weighted by atomic mass is 9.88. The number of carbonyl (C=O) groups is 1. The zero-order valence-corrected chi connectivity index (χ0v) is 25.5. The van der Waals surface area contributed by atoms with Gasteiger partial charge in [-0.05, 0) is 111 Å². The minimum absolute atomic E-state index is 0.00646. The third-order valence-corrected chi connectivity index (χ3v) is 8.57. The van der Waals surface area contributed by atoms with Crippen molar-refractivity contribution in [3.63, 3.8) is 0 Å². The number of halogens is 3. The summed E-state index contributed by atoms with van der Waals surface area (Å²) < 4.78 is 60.6. The Labute approximate surface area is 255 Å². The molecular weight excluding hydrogens is 573 g/mol. The molecule has 0 amide bonds. The van der Waals surface area contributed by atoms with Gasteiger partial charge in [-0.2, -0.15) is 13.2 Å². The minimum atomic E-state index is -4.51. The molecule has 0 saturated heterocycles. The SMILES string of the molecule is Cc1cc(-c2c(C(F)(F)F)ccc3c2CCC3CCOc2ccc3c(c2)OCC3CC(=O)O)cc(C)c1OCCC(C)(C)O. The fraction of sp³-hybridized carbons (Fsp3) is 0.457. The van der Waals surface area contributed by atoms with Crippen LogP contribution in [0.2, 0.25) is 0 Å². The first-order valence-corrected chi connectivity index (χ1v) is 15.0. The molecule has 6 nitrogen and oxygen atoms in total. The number of benzene rings is 3. The van der Waals surface area contributed by atoms with E-state index < -0.39 is 23.3 Å². The number of carboxylic acids is 1. The van der Waals surface area contributed by atoms with Crippen LogP contribution in [0.15, 0.2) is 42.5 Å². The van der Waals surface area contributed by atoms with E-state index in [2.05, 4.69) is 0 Å². The zero-order valence-electron chi connectivity index (χ0n) is 25.5. The van der Waals surface area contributed by atoms with Gasteiger partial charge in [-0.15, -0.1) is 0 Å². The van der Waals surface area contributed by atoms with Crippen LogP contribution < -0.4 is 14.2 Å². The highest BCUT2D eigenvalue weighted by Crippen LogP contribution is 2.47. The highest BCUT2D eigenvalue weighted by molar-refractivity contribution is 5.76. The van der Waals surface area contributed by atoms with Gasteiger partial charge >= 0.3 is 12.1 Å². The van der Waals surface area contributed by atoms with Gasteiger partial charge in [0.05, 0.1) is 37.4 Å². The molecule has 1 aliphatic heterocycles. The molecule has 3 aromatic rings. The van der Waals surface area contributed by atoms with Gasteiger partial charge in [0.2, 0.25) is 0 Å². The topological polar surface area (TPSA) is 85.2 Å². The molecule has 0 fully saturated rings. The molecule has 0 spiro atoms. The Balaban J connectivity index is 1.34. The number of alkyl halides is 3. The van der Waals surface area contributed by atoms with E-state index in [1.807, 2.05) is 19.9 Å². The number of aryl methyl sites for hydroxylation is 2. The molecule has 0 bridgehead atoms. The third kappa shape index (κ3) is 6.98. The third-order valence-electron chi connectivity index (χ3n) is 8.57. The average molecular weight is 613 g/mol. The minimum Gasteiger partial charge on any atom is -0.493 e. The van der Waals surface area contributed by atoms with Crippen LogP contribution in [0.3, 0.4) is 0 Å². The highest BCUT2D eigenvalue weighted by Gasteiger charge is 2.38. The summed E-state index contributed by atoms with van der Waals surface area (Å²) in [5, 5.41) is 19.1. The van der Waals surface area contributed by atoms with Crippen molar-refractivity contribution in [2.45, 2.75) is 83.4 Å². The first-order valence-electron chi connectivity index (χ1n) is 15.0. The summed E-state index contributed by atoms with van der Waals surface area (Å²) in [7, 11) is 0. The van der Waals surface area contributed by atoms with E-state index in [1.165, 1.54) is 6.07 Å². The summed E-state index contributed by atoms with van der Waals surface area (Å²) in [4.78, 5) is 11.1. The Kier molecular flexibility index (Phi) is 8.89. The van der Waals surface area contributed by atoms with Crippen molar-refractivity contribution < 1.29 is 42.4 Å². The number of ether oxygens (including phenoxy) is 3. The standard InChI is InChI=1S/C35H39F3O6/c1-20-15-23(16-21(2)33(20)43-14-12-34(3,4)41)32-28-7-5-22(26(28)9-10-29(32)35(36,37)38)11-13-42-25-6-8-27-24(17-31(39)40)19-44-30(27)18-25/h6,8-10,15-16,18,22,24,41H,5,7,11-14,17,19H2,1-4H3,(H,39,40). The Bertz CT molecular complexity index is 1520. The highest BCUT2D eigenvalue weighted by atomic mass is 19.4. The summed E-state index contributed by atoms with van der Waals surface area (Å²) in [6.45, 7) is 8.08. The van der Waals surface area contributed by atoms with Crippen LogP contribution in [0.1, 0.15) is 84.7 Å². The number of rotatable bonds is 11. The van der Waals surface area contributed by atoms with Crippen molar-refractivity contribution in [3.05, 3.63) is 75.8 Å². The molecule has 0 saturated carbocycles. The van der Waals surface area contributed by atoms with E-state index in [9.17, 15) is 23.1 Å². The van der Waals surface area contributed by atoms with Crippen molar-refractivity contribution in [1.82, 2.24) is 0 Å². The Morgan fingerprint density at radius 1 is 0.977 bits per heavy atom. The van der Waals surface area contributed by atoms with Crippen LogP contribution in [0, 0.1) is 13.8 Å². The van der Waals surface area contributed by atoms with E-state index in [0.717, 1.165) is 34.2 Å². The van der Waals surface area contributed by atoms with Crippen LogP contribution in [0.4, 0.5) is 13.2 Å². The first-order chi connectivity index (χ1) is 20.7.